The van der Waals surface area contributed by atoms with E-state index in [1.165, 1.54) is 18.4 Å². The highest BCUT2D eigenvalue weighted by Gasteiger charge is 2.30. The SMILES string of the molecule is CC[C@@H](C(=O)NC1CCCC1)N(Cc1cccc(C)c1)C(=O)CSCc1ccccc1. The number of nitrogens with zero attached hydrogens (tertiary/aromatic N) is 1. The van der Waals surface area contributed by atoms with E-state index in [1.54, 1.807) is 16.7 Å². The van der Waals surface area contributed by atoms with E-state index in [9.17, 15) is 9.59 Å². The lowest BCUT2D eigenvalue weighted by Crippen LogP contribution is -2.51. The van der Waals surface area contributed by atoms with Crippen LogP contribution in [0.4, 0.5) is 0 Å². The van der Waals surface area contributed by atoms with Gasteiger partial charge < -0.3 is 10.2 Å². The van der Waals surface area contributed by atoms with Gasteiger partial charge in [-0.15, -0.1) is 11.8 Å². The smallest absolute Gasteiger partial charge is 0.243 e. The van der Waals surface area contributed by atoms with Crippen LogP contribution < -0.4 is 5.32 Å². The van der Waals surface area contributed by atoms with E-state index in [0.29, 0.717) is 18.7 Å². The Hall–Kier alpha value is -2.27. The van der Waals surface area contributed by atoms with E-state index in [-0.39, 0.29) is 17.9 Å². The van der Waals surface area contributed by atoms with Crippen molar-refractivity contribution in [1.29, 1.82) is 0 Å². The molecule has 0 saturated heterocycles. The summed E-state index contributed by atoms with van der Waals surface area (Å²) in [4.78, 5) is 28.2. The first kappa shape index (κ1) is 23.4. The molecule has 5 heteroatoms. The van der Waals surface area contributed by atoms with Crippen molar-refractivity contribution in [1.82, 2.24) is 10.2 Å². The molecule has 2 aromatic carbocycles. The van der Waals surface area contributed by atoms with Gasteiger partial charge in [0.1, 0.15) is 6.04 Å². The summed E-state index contributed by atoms with van der Waals surface area (Å²) in [7, 11) is 0. The monoisotopic (exact) mass is 438 g/mol. The Balaban J connectivity index is 1.70. The molecule has 0 spiro atoms. The summed E-state index contributed by atoms with van der Waals surface area (Å²) >= 11 is 1.61. The highest BCUT2D eigenvalue weighted by atomic mass is 32.2. The molecular weight excluding hydrogens is 404 g/mol. The molecule has 0 radical (unpaired) electrons. The van der Waals surface area contributed by atoms with Gasteiger partial charge >= 0.3 is 0 Å². The molecule has 1 aliphatic rings. The first-order valence-corrected chi connectivity index (χ1v) is 12.5. The summed E-state index contributed by atoms with van der Waals surface area (Å²) in [6.45, 7) is 4.50. The lowest BCUT2D eigenvalue weighted by Gasteiger charge is -2.31. The van der Waals surface area contributed by atoms with Crippen LogP contribution in [0.3, 0.4) is 0 Å². The number of hydrogen-bond donors (Lipinski definition) is 1. The number of thioether (sulfide) groups is 1. The molecule has 1 fully saturated rings. The Morgan fingerprint density at radius 1 is 1.06 bits per heavy atom. The van der Waals surface area contributed by atoms with Gasteiger partial charge in [-0.2, -0.15) is 0 Å². The quantitative estimate of drug-likeness (QED) is 0.562. The van der Waals surface area contributed by atoms with Crippen LogP contribution in [-0.4, -0.2) is 34.6 Å². The number of benzene rings is 2. The molecule has 0 unspecified atom stereocenters. The van der Waals surface area contributed by atoms with E-state index in [2.05, 4.69) is 36.5 Å². The zero-order chi connectivity index (χ0) is 22.1. The summed E-state index contributed by atoms with van der Waals surface area (Å²) in [5.74, 6) is 1.17. The third-order valence-corrected chi connectivity index (χ3v) is 6.85. The molecule has 0 bridgehead atoms. The number of carbonyl (C=O) groups is 2. The van der Waals surface area contributed by atoms with Crippen LogP contribution >= 0.6 is 11.8 Å². The standard InChI is InChI=1S/C26H34N2O2S/c1-3-24(26(30)27-23-14-7-8-15-23)28(17-22-13-9-10-20(2)16-22)25(29)19-31-18-21-11-5-4-6-12-21/h4-6,9-13,16,23-24H,3,7-8,14-15,17-19H2,1-2H3,(H,27,30)/t24-/m0/s1. The minimum Gasteiger partial charge on any atom is -0.352 e. The average Bonchev–Trinajstić information content (AvgIpc) is 3.27. The summed E-state index contributed by atoms with van der Waals surface area (Å²) in [5.41, 5.74) is 3.43. The van der Waals surface area contributed by atoms with Gasteiger partial charge in [-0.3, -0.25) is 9.59 Å². The summed E-state index contributed by atoms with van der Waals surface area (Å²) in [6, 6.07) is 18.2. The second kappa shape index (κ2) is 11.9. The van der Waals surface area contributed by atoms with Gasteiger partial charge in [-0.1, -0.05) is 79.9 Å². The number of rotatable bonds is 10. The summed E-state index contributed by atoms with van der Waals surface area (Å²) < 4.78 is 0. The Morgan fingerprint density at radius 2 is 1.77 bits per heavy atom. The zero-order valence-corrected chi connectivity index (χ0v) is 19.5. The number of aryl methyl sites for hydroxylation is 1. The molecule has 2 aromatic rings. The molecule has 1 aliphatic carbocycles. The van der Waals surface area contributed by atoms with Crippen LogP contribution in [0.1, 0.15) is 55.7 Å². The normalized spacial score (nSPS) is 14.9. The predicted octanol–water partition coefficient (Wildman–Crippen LogP) is 5.09. The lowest BCUT2D eigenvalue weighted by molar-refractivity contribution is -0.139. The number of nitrogens with one attached hydrogen (secondary N) is 1. The van der Waals surface area contributed by atoms with Crippen LogP contribution in [0.2, 0.25) is 0 Å². The van der Waals surface area contributed by atoms with Crippen molar-refractivity contribution in [2.75, 3.05) is 5.75 Å². The molecule has 31 heavy (non-hydrogen) atoms. The molecule has 1 saturated carbocycles. The van der Waals surface area contributed by atoms with Crippen molar-refractivity contribution in [3.63, 3.8) is 0 Å². The fourth-order valence-corrected chi connectivity index (χ4v) is 5.08. The Morgan fingerprint density at radius 3 is 2.45 bits per heavy atom. The van der Waals surface area contributed by atoms with Crippen molar-refractivity contribution < 1.29 is 9.59 Å². The molecule has 1 N–H and O–H groups in total. The fourth-order valence-electron chi connectivity index (χ4n) is 4.21. The molecule has 0 heterocycles. The maximum atomic E-state index is 13.3. The number of hydrogen-bond acceptors (Lipinski definition) is 3. The van der Waals surface area contributed by atoms with E-state index in [4.69, 9.17) is 0 Å². The Kier molecular flexibility index (Phi) is 9.01. The molecule has 0 aliphatic heterocycles. The Bertz CT molecular complexity index is 849. The first-order valence-electron chi connectivity index (χ1n) is 11.3. The third kappa shape index (κ3) is 7.13. The highest BCUT2D eigenvalue weighted by Crippen LogP contribution is 2.20. The molecule has 4 nitrogen and oxygen atoms in total. The molecule has 3 rings (SSSR count). The second-order valence-corrected chi connectivity index (χ2v) is 9.39. The van der Waals surface area contributed by atoms with Crippen LogP contribution in [0, 0.1) is 6.92 Å². The van der Waals surface area contributed by atoms with Crippen molar-refractivity contribution >= 4 is 23.6 Å². The van der Waals surface area contributed by atoms with Gasteiger partial charge in [0.05, 0.1) is 5.75 Å². The highest BCUT2D eigenvalue weighted by molar-refractivity contribution is 7.99. The lowest BCUT2D eigenvalue weighted by atomic mass is 10.1. The minimum atomic E-state index is -0.439. The molecule has 0 aromatic heterocycles. The summed E-state index contributed by atoms with van der Waals surface area (Å²) in [6.07, 6.45) is 5.04. The van der Waals surface area contributed by atoms with E-state index >= 15 is 0 Å². The number of amides is 2. The second-order valence-electron chi connectivity index (χ2n) is 8.40. The van der Waals surface area contributed by atoms with E-state index < -0.39 is 6.04 Å². The van der Waals surface area contributed by atoms with E-state index in [0.717, 1.165) is 29.7 Å². The van der Waals surface area contributed by atoms with Gasteiger partial charge in [0.2, 0.25) is 11.8 Å². The third-order valence-electron chi connectivity index (χ3n) is 5.86. The summed E-state index contributed by atoms with van der Waals surface area (Å²) in [5, 5.41) is 3.20. The van der Waals surface area contributed by atoms with Crippen LogP contribution in [0.15, 0.2) is 54.6 Å². The van der Waals surface area contributed by atoms with Gasteiger partial charge in [0, 0.05) is 18.3 Å². The predicted molar refractivity (Wildman–Crippen MR) is 129 cm³/mol. The van der Waals surface area contributed by atoms with Crippen LogP contribution in [0.5, 0.6) is 0 Å². The van der Waals surface area contributed by atoms with E-state index in [1.807, 2.05) is 37.3 Å². The minimum absolute atomic E-state index is 0.0107. The molecule has 2 amide bonds. The first-order chi connectivity index (χ1) is 15.1. The average molecular weight is 439 g/mol. The maximum absolute atomic E-state index is 13.3. The van der Waals surface area contributed by atoms with Gasteiger partial charge in [0.15, 0.2) is 0 Å². The molecule has 1 atom stereocenters. The van der Waals surface area contributed by atoms with Gasteiger partial charge in [-0.25, -0.2) is 0 Å². The van der Waals surface area contributed by atoms with Crippen molar-refractivity contribution in [3.05, 3.63) is 71.3 Å². The topological polar surface area (TPSA) is 49.4 Å². The zero-order valence-electron chi connectivity index (χ0n) is 18.7. The van der Waals surface area contributed by atoms with Crippen LogP contribution in [0.25, 0.3) is 0 Å². The Labute approximate surface area is 190 Å². The molecule has 166 valence electrons. The fraction of sp³-hybridized carbons (Fsp3) is 0.462. The van der Waals surface area contributed by atoms with Crippen molar-refractivity contribution in [3.8, 4) is 0 Å². The van der Waals surface area contributed by atoms with Crippen LogP contribution in [-0.2, 0) is 21.9 Å². The van der Waals surface area contributed by atoms with Crippen molar-refractivity contribution in [2.45, 2.75) is 70.3 Å². The largest absolute Gasteiger partial charge is 0.352 e. The maximum Gasteiger partial charge on any atom is 0.243 e. The van der Waals surface area contributed by atoms with Crippen molar-refractivity contribution in [2.24, 2.45) is 0 Å². The van der Waals surface area contributed by atoms with Gasteiger partial charge in [-0.05, 0) is 37.3 Å². The number of carbonyl (C=O) groups excluding carboxylic acids is 2. The molecular formula is C26H34N2O2S. The van der Waals surface area contributed by atoms with Gasteiger partial charge in [0.25, 0.3) is 0 Å².